The minimum absolute atomic E-state index is 0.102. The SMILES string of the molecule is COc1ccc2c(c1)OC(C1CCCC1)C[C@@H]2N. The number of fused-ring (bicyclic) bond motifs is 1. The Labute approximate surface area is 108 Å². The maximum Gasteiger partial charge on any atom is 0.128 e. The predicted octanol–water partition coefficient (Wildman–Crippen LogP) is 3.04. The summed E-state index contributed by atoms with van der Waals surface area (Å²) in [6, 6.07) is 6.06. The van der Waals surface area contributed by atoms with Gasteiger partial charge in [-0.25, -0.2) is 0 Å². The van der Waals surface area contributed by atoms with Crippen molar-refractivity contribution in [3.8, 4) is 11.5 Å². The van der Waals surface area contributed by atoms with Gasteiger partial charge in [-0.3, -0.25) is 0 Å². The lowest BCUT2D eigenvalue weighted by molar-refractivity contribution is 0.101. The molecule has 3 nitrogen and oxygen atoms in total. The highest BCUT2D eigenvalue weighted by Crippen LogP contribution is 2.41. The van der Waals surface area contributed by atoms with Gasteiger partial charge < -0.3 is 15.2 Å². The minimum atomic E-state index is 0.102. The third kappa shape index (κ3) is 2.07. The van der Waals surface area contributed by atoms with Gasteiger partial charge >= 0.3 is 0 Å². The standard InChI is InChI=1S/C15H21NO2/c1-17-11-6-7-12-13(16)9-14(18-15(12)8-11)10-4-2-3-5-10/h6-8,10,13-14H,2-5,9,16H2,1H3/t13-,14?/m0/s1. The molecule has 1 aromatic rings. The van der Waals surface area contributed by atoms with Crippen LogP contribution in [0.1, 0.15) is 43.7 Å². The van der Waals surface area contributed by atoms with E-state index in [4.69, 9.17) is 15.2 Å². The molecule has 1 saturated carbocycles. The number of methoxy groups -OCH3 is 1. The van der Waals surface area contributed by atoms with E-state index >= 15 is 0 Å². The molecule has 3 rings (SSSR count). The molecular formula is C15H21NO2. The first-order valence-corrected chi connectivity index (χ1v) is 6.88. The van der Waals surface area contributed by atoms with Gasteiger partial charge in [-0.2, -0.15) is 0 Å². The van der Waals surface area contributed by atoms with Gasteiger partial charge in [0.1, 0.15) is 17.6 Å². The molecule has 0 bridgehead atoms. The second-order valence-corrected chi connectivity index (χ2v) is 5.45. The summed E-state index contributed by atoms with van der Waals surface area (Å²) in [7, 11) is 1.68. The van der Waals surface area contributed by atoms with E-state index in [0.717, 1.165) is 23.5 Å². The van der Waals surface area contributed by atoms with E-state index < -0.39 is 0 Å². The Morgan fingerprint density at radius 1 is 1.28 bits per heavy atom. The normalized spacial score (nSPS) is 27.7. The maximum absolute atomic E-state index is 6.28. The van der Waals surface area contributed by atoms with E-state index in [1.54, 1.807) is 7.11 Å². The fourth-order valence-corrected chi connectivity index (χ4v) is 3.26. The quantitative estimate of drug-likeness (QED) is 0.873. The van der Waals surface area contributed by atoms with E-state index in [9.17, 15) is 0 Å². The monoisotopic (exact) mass is 247 g/mol. The first-order valence-electron chi connectivity index (χ1n) is 6.88. The number of hydrogen-bond donors (Lipinski definition) is 1. The lowest BCUT2D eigenvalue weighted by Gasteiger charge is -2.33. The molecule has 0 amide bonds. The van der Waals surface area contributed by atoms with Gasteiger partial charge in [0.2, 0.25) is 0 Å². The van der Waals surface area contributed by atoms with Crippen LogP contribution in [0, 0.1) is 5.92 Å². The third-order valence-corrected chi connectivity index (χ3v) is 4.31. The topological polar surface area (TPSA) is 44.5 Å². The van der Waals surface area contributed by atoms with Crippen LogP contribution in [0.2, 0.25) is 0 Å². The van der Waals surface area contributed by atoms with Crippen molar-refractivity contribution >= 4 is 0 Å². The molecule has 1 aromatic carbocycles. The average Bonchev–Trinajstić information content (AvgIpc) is 2.91. The zero-order chi connectivity index (χ0) is 12.5. The van der Waals surface area contributed by atoms with Crippen LogP contribution in [0.4, 0.5) is 0 Å². The second kappa shape index (κ2) is 4.81. The van der Waals surface area contributed by atoms with E-state index in [-0.39, 0.29) is 6.04 Å². The van der Waals surface area contributed by atoms with E-state index in [1.807, 2.05) is 18.2 Å². The smallest absolute Gasteiger partial charge is 0.128 e. The van der Waals surface area contributed by atoms with Gasteiger partial charge in [0, 0.05) is 24.1 Å². The van der Waals surface area contributed by atoms with Gasteiger partial charge in [0.15, 0.2) is 0 Å². The molecule has 2 N–H and O–H groups in total. The summed E-state index contributed by atoms with van der Waals surface area (Å²) in [6.07, 6.45) is 6.49. The zero-order valence-electron chi connectivity index (χ0n) is 10.9. The molecule has 0 spiro atoms. The first kappa shape index (κ1) is 11.8. The molecule has 0 aromatic heterocycles. The Hall–Kier alpha value is -1.22. The van der Waals surface area contributed by atoms with Crippen LogP contribution in [0.25, 0.3) is 0 Å². The molecule has 1 heterocycles. The van der Waals surface area contributed by atoms with Crippen molar-refractivity contribution in [2.75, 3.05) is 7.11 Å². The Morgan fingerprint density at radius 3 is 2.78 bits per heavy atom. The van der Waals surface area contributed by atoms with Gasteiger partial charge in [-0.05, 0) is 24.8 Å². The van der Waals surface area contributed by atoms with Crippen molar-refractivity contribution in [3.05, 3.63) is 23.8 Å². The van der Waals surface area contributed by atoms with E-state index in [2.05, 4.69) is 0 Å². The minimum Gasteiger partial charge on any atom is -0.497 e. The highest BCUT2D eigenvalue weighted by atomic mass is 16.5. The maximum atomic E-state index is 6.28. The van der Waals surface area contributed by atoms with Crippen LogP contribution >= 0.6 is 0 Å². The molecule has 3 heteroatoms. The van der Waals surface area contributed by atoms with Crippen molar-refractivity contribution in [2.24, 2.45) is 11.7 Å². The number of nitrogens with two attached hydrogens (primary N) is 1. The summed E-state index contributed by atoms with van der Waals surface area (Å²) in [5.74, 6) is 2.45. The lowest BCUT2D eigenvalue weighted by Crippen LogP contribution is -2.34. The van der Waals surface area contributed by atoms with Crippen LogP contribution in [-0.4, -0.2) is 13.2 Å². The summed E-state index contributed by atoms with van der Waals surface area (Å²) < 4.78 is 11.4. The van der Waals surface area contributed by atoms with Gasteiger partial charge in [-0.1, -0.05) is 18.9 Å². The molecule has 2 atom stereocenters. The fraction of sp³-hybridized carbons (Fsp3) is 0.600. The molecule has 1 aliphatic carbocycles. The van der Waals surface area contributed by atoms with Crippen molar-refractivity contribution in [3.63, 3.8) is 0 Å². The number of ether oxygens (including phenoxy) is 2. The Balaban J connectivity index is 1.85. The van der Waals surface area contributed by atoms with E-state index in [0.29, 0.717) is 12.0 Å². The summed E-state index contributed by atoms with van der Waals surface area (Å²) in [5, 5.41) is 0. The highest BCUT2D eigenvalue weighted by molar-refractivity contribution is 5.43. The summed E-state index contributed by atoms with van der Waals surface area (Å²) in [5.41, 5.74) is 7.39. The number of rotatable bonds is 2. The molecule has 1 unspecified atom stereocenters. The fourth-order valence-electron chi connectivity index (χ4n) is 3.26. The van der Waals surface area contributed by atoms with Gasteiger partial charge in [0.05, 0.1) is 7.11 Å². The molecule has 2 aliphatic rings. The van der Waals surface area contributed by atoms with Crippen LogP contribution in [-0.2, 0) is 0 Å². The van der Waals surface area contributed by atoms with Crippen LogP contribution in [0.5, 0.6) is 11.5 Å². The first-order chi connectivity index (χ1) is 8.78. The summed E-state index contributed by atoms with van der Waals surface area (Å²) >= 11 is 0. The number of benzene rings is 1. The number of hydrogen-bond acceptors (Lipinski definition) is 3. The molecule has 1 aliphatic heterocycles. The lowest BCUT2D eigenvalue weighted by atomic mass is 9.89. The predicted molar refractivity (Wildman–Crippen MR) is 70.9 cm³/mol. The second-order valence-electron chi connectivity index (χ2n) is 5.45. The average molecular weight is 247 g/mol. The van der Waals surface area contributed by atoms with Crippen LogP contribution < -0.4 is 15.2 Å². The van der Waals surface area contributed by atoms with E-state index in [1.165, 1.54) is 25.7 Å². The Bertz CT molecular complexity index is 427. The van der Waals surface area contributed by atoms with Crippen LogP contribution in [0.3, 0.4) is 0 Å². The zero-order valence-corrected chi connectivity index (χ0v) is 10.9. The molecule has 1 fully saturated rings. The summed E-state index contributed by atoms with van der Waals surface area (Å²) in [4.78, 5) is 0. The van der Waals surface area contributed by atoms with Gasteiger partial charge in [-0.15, -0.1) is 0 Å². The van der Waals surface area contributed by atoms with Crippen molar-refractivity contribution in [2.45, 2.75) is 44.2 Å². The van der Waals surface area contributed by atoms with Crippen molar-refractivity contribution in [1.29, 1.82) is 0 Å². The van der Waals surface area contributed by atoms with Crippen LogP contribution in [0.15, 0.2) is 18.2 Å². The molecule has 0 radical (unpaired) electrons. The molecule has 0 saturated heterocycles. The largest absolute Gasteiger partial charge is 0.497 e. The Morgan fingerprint density at radius 2 is 2.06 bits per heavy atom. The third-order valence-electron chi connectivity index (χ3n) is 4.31. The van der Waals surface area contributed by atoms with Gasteiger partial charge in [0.25, 0.3) is 0 Å². The summed E-state index contributed by atoms with van der Waals surface area (Å²) in [6.45, 7) is 0. The Kier molecular flexibility index (Phi) is 3.16. The molecule has 18 heavy (non-hydrogen) atoms. The van der Waals surface area contributed by atoms with Crippen molar-refractivity contribution < 1.29 is 9.47 Å². The van der Waals surface area contributed by atoms with Crippen molar-refractivity contribution in [1.82, 2.24) is 0 Å². The molecule has 98 valence electrons. The molecular weight excluding hydrogens is 226 g/mol. The highest BCUT2D eigenvalue weighted by Gasteiger charge is 2.33.